The van der Waals surface area contributed by atoms with E-state index in [1.807, 2.05) is 0 Å². The van der Waals surface area contributed by atoms with Crippen LogP contribution < -0.4 is 17.2 Å². The Morgan fingerprint density at radius 1 is 0.950 bits per heavy atom. The summed E-state index contributed by atoms with van der Waals surface area (Å²) < 4.78 is 8.34. The Balaban J connectivity index is 0.000000200. The predicted octanol–water partition coefficient (Wildman–Crippen LogP) is -1.23. The summed E-state index contributed by atoms with van der Waals surface area (Å²) in [5.74, 6) is -0.239. The molecule has 0 saturated carbocycles. The number of nitrogen functional groups attached to an aromatic ring is 2. The molecule has 0 atom stereocenters. The van der Waals surface area contributed by atoms with E-state index in [1.165, 1.54) is 0 Å². The van der Waals surface area contributed by atoms with Crippen molar-refractivity contribution in [3.8, 4) is 0 Å². The van der Waals surface area contributed by atoms with Gasteiger partial charge in [-0.25, -0.2) is 9.26 Å². The first-order chi connectivity index (χ1) is 9.51. The highest BCUT2D eigenvalue weighted by atomic mass is 35.5. The van der Waals surface area contributed by atoms with E-state index in [1.54, 1.807) is 0 Å². The van der Waals surface area contributed by atoms with Crippen molar-refractivity contribution in [2.24, 2.45) is 16.0 Å². The second-order valence-corrected chi connectivity index (χ2v) is 3.23. The van der Waals surface area contributed by atoms with E-state index < -0.39 is 0 Å². The van der Waals surface area contributed by atoms with E-state index in [4.69, 9.17) is 39.2 Å². The molecule has 0 unspecified atom stereocenters. The minimum absolute atomic E-state index is 0.00435. The number of oxime groups is 2. The number of anilines is 2. The van der Waals surface area contributed by atoms with Crippen molar-refractivity contribution in [2.75, 3.05) is 11.5 Å². The van der Waals surface area contributed by atoms with Crippen LogP contribution >= 0.6 is 11.6 Å². The number of aromatic nitrogens is 4. The van der Waals surface area contributed by atoms with Crippen molar-refractivity contribution in [3.05, 3.63) is 11.4 Å². The van der Waals surface area contributed by atoms with Crippen molar-refractivity contribution >= 4 is 34.2 Å². The third-order valence-electron chi connectivity index (χ3n) is 1.66. The summed E-state index contributed by atoms with van der Waals surface area (Å²) in [5, 5.41) is 34.2. The molecule has 2 heterocycles. The van der Waals surface area contributed by atoms with Crippen LogP contribution in [0, 0.1) is 0 Å². The van der Waals surface area contributed by atoms with E-state index >= 15 is 0 Å². The highest BCUT2D eigenvalue weighted by molar-refractivity contribution is 6.69. The summed E-state index contributed by atoms with van der Waals surface area (Å²) in [6, 6.07) is 0. The maximum Gasteiger partial charge on any atom is 0.201 e. The molecule has 0 aromatic carbocycles. The number of rotatable bonds is 2. The second kappa shape index (κ2) is 6.74. The van der Waals surface area contributed by atoms with Gasteiger partial charge in [0.2, 0.25) is 5.17 Å². The monoisotopic (exact) mass is 305 g/mol. The van der Waals surface area contributed by atoms with Crippen LogP contribution in [0.1, 0.15) is 11.4 Å². The van der Waals surface area contributed by atoms with Crippen LogP contribution in [0.5, 0.6) is 0 Å². The van der Waals surface area contributed by atoms with Gasteiger partial charge in [0.1, 0.15) is 0 Å². The van der Waals surface area contributed by atoms with Gasteiger partial charge in [0.25, 0.3) is 0 Å². The molecule has 0 radical (unpaired) electrons. The van der Waals surface area contributed by atoms with Gasteiger partial charge in [-0.3, -0.25) is 0 Å². The highest BCUT2D eigenvalue weighted by Crippen LogP contribution is 2.07. The molecule has 2 rings (SSSR count). The van der Waals surface area contributed by atoms with Crippen LogP contribution in [0.15, 0.2) is 19.6 Å². The molecule has 8 N–H and O–H groups in total. The summed E-state index contributed by atoms with van der Waals surface area (Å²) in [6.07, 6.45) is 0. The lowest BCUT2D eigenvalue weighted by molar-refractivity contribution is 0.305. The quantitative estimate of drug-likeness (QED) is 0.191. The van der Waals surface area contributed by atoms with Crippen LogP contribution in [-0.4, -0.2) is 42.0 Å². The average molecular weight is 306 g/mol. The zero-order chi connectivity index (χ0) is 15.1. The molecule has 0 saturated heterocycles. The Bertz CT molecular complexity index is 565. The molecule has 0 aliphatic heterocycles. The van der Waals surface area contributed by atoms with Crippen molar-refractivity contribution in [1.82, 2.24) is 20.6 Å². The standard InChI is InChI=1S/C3H3ClN4O2.C3H5N5O2/c2*4-2(6-9)1-3(5)8-10-7-1/h9H,(H2,5,8);9H,(H2,4,6)(H2,5,8). The molecule has 2 aromatic rings. The zero-order valence-electron chi connectivity index (χ0n) is 9.50. The molecule has 13 nitrogen and oxygen atoms in total. The first-order valence-corrected chi connectivity index (χ1v) is 4.90. The number of nitrogens with two attached hydrogens (primary N) is 3. The zero-order valence-corrected chi connectivity index (χ0v) is 10.3. The van der Waals surface area contributed by atoms with Crippen molar-refractivity contribution < 1.29 is 19.7 Å². The van der Waals surface area contributed by atoms with Gasteiger partial charge in [-0.1, -0.05) is 21.9 Å². The van der Waals surface area contributed by atoms with Gasteiger partial charge in [0.15, 0.2) is 28.9 Å². The molecule has 0 spiro atoms. The predicted molar refractivity (Wildman–Crippen MR) is 64.1 cm³/mol. The largest absolute Gasteiger partial charge is 0.410 e. The third kappa shape index (κ3) is 3.45. The van der Waals surface area contributed by atoms with Crippen LogP contribution in [0.25, 0.3) is 0 Å². The Labute approximate surface area is 114 Å². The lowest BCUT2D eigenvalue weighted by atomic mass is 10.4. The molecule has 0 aliphatic carbocycles. The fourth-order valence-corrected chi connectivity index (χ4v) is 0.938. The molecule has 2 aromatic heterocycles. The van der Waals surface area contributed by atoms with E-state index in [0.717, 1.165) is 0 Å². The van der Waals surface area contributed by atoms with Crippen LogP contribution in [-0.2, 0) is 0 Å². The fourth-order valence-electron chi connectivity index (χ4n) is 0.806. The van der Waals surface area contributed by atoms with Crippen LogP contribution in [0.4, 0.5) is 11.6 Å². The van der Waals surface area contributed by atoms with Gasteiger partial charge in [-0.05, 0) is 20.6 Å². The SMILES string of the molecule is NC(=NO)c1nonc1N.Nc1nonc1C(Cl)=NO. The summed E-state index contributed by atoms with van der Waals surface area (Å²) in [5.41, 5.74) is 15.5. The van der Waals surface area contributed by atoms with Gasteiger partial charge in [-0.15, -0.1) is 0 Å². The molecule has 14 heteroatoms. The first kappa shape index (κ1) is 15.0. The third-order valence-corrected chi connectivity index (χ3v) is 1.92. The van der Waals surface area contributed by atoms with Gasteiger partial charge >= 0.3 is 0 Å². The first-order valence-electron chi connectivity index (χ1n) is 4.53. The van der Waals surface area contributed by atoms with E-state index in [-0.39, 0.29) is 34.0 Å². The Kier molecular flexibility index (Phi) is 5.04. The maximum absolute atomic E-state index is 8.13. The molecule has 0 amide bonds. The van der Waals surface area contributed by atoms with Gasteiger partial charge < -0.3 is 27.6 Å². The van der Waals surface area contributed by atoms with Crippen LogP contribution in [0.3, 0.4) is 0 Å². The van der Waals surface area contributed by atoms with Crippen molar-refractivity contribution in [3.63, 3.8) is 0 Å². The summed E-state index contributed by atoms with van der Waals surface area (Å²) in [6.45, 7) is 0. The Morgan fingerprint density at radius 2 is 1.45 bits per heavy atom. The number of halogens is 1. The summed E-state index contributed by atoms with van der Waals surface area (Å²) in [7, 11) is 0. The summed E-state index contributed by atoms with van der Waals surface area (Å²) >= 11 is 5.29. The van der Waals surface area contributed by atoms with E-state index in [2.05, 4.69) is 40.2 Å². The molecule has 20 heavy (non-hydrogen) atoms. The fraction of sp³-hybridized carbons (Fsp3) is 0. The van der Waals surface area contributed by atoms with Crippen molar-refractivity contribution in [2.45, 2.75) is 0 Å². The lowest BCUT2D eigenvalue weighted by Gasteiger charge is -1.87. The Morgan fingerprint density at radius 3 is 1.80 bits per heavy atom. The van der Waals surface area contributed by atoms with Crippen molar-refractivity contribution in [1.29, 1.82) is 0 Å². The minimum Gasteiger partial charge on any atom is -0.410 e. The summed E-state index contributed by atoms with van der Waals surface area (Å²) in [4.78, 5) is 0. The van der Waals surface area contributed by atoms with Gasteiger partial charge in [0.05, 0.1) is 0 Å². The molecule has 108 valence electrons. The number of amidine groups is 1. The van der Waals surface area contributed by atoms with Gasteiger partial charge in [0, 0.05) is 0 Å². The molecule has 0 aliphatic rings. The molecule has 0 fully saturated rings. The smallest absolute Gasteiger partial charge is 0.201 e. The average Bonchev–Trinajstić information content (AvgIpc) is 3.06. The van der Waals surface area contributed by atoms with E-state index in [9.17, 15) is 0 Å². The lowest BCUT2D eigenvalue weighted by Crippen LogP contribution is -2.15. The second-order valence-electron chi connectivity index (χ2n) is 2.87. The minimum atomic E-state index is -0.251. The topological polar surface area (TPSA) is 221 Å². The Hall–Kier alpha value is -3.09. The highest BCUT2D eigenvalue weighted by Gasteiger charge is 2.11. The maximum atomic E-state index is 8.13. The molecular formula is C6H8ClN9O4. The van der Waals surface area contributed by atoms with E-state index in [0.29, 0.717) is 0 Å². The normalized spacial score (nSPS) is 11.8. The number of hydrogen-bond acceptors (Lipinski definition) is 12. The molecular weight excluding hydrogens is 298 g/mol. The number of nitrogens with zero attached hydrogens (tertiary/aromatic N) is 6. The number of hydrogen-bond donors (Lipinski definition) is 5. The van der Waals surface area contributed by atoms with Crippen LogP contribution in [0.2, 0.25) is 0 Å². The molecule has 0 bridgehead atoms. The van der Waals surface area contributed by atoms with Gasteiger partial charge in [-0.2, -0.15) is 0 Å².